The number of nitrogens with zero attached hydrogens (tertiary/aromatic N) is 4. The van der Waals surface area contributed by atoms with Crippen LogP contribution in [0.5, 0.6) is 0 Å². The number of fused-ring (bicyclic) bond motifs is 1. The molecule has 6 nitrogen and oxygen atoms in total. The Balaban J connectivity index is 1.31. The van der Waals surface area contributed by atoms with Crippen molar-refractivity contribution in [2.75, 3.05) is 31.1 Å². The Morgan fingerprint density at radius 1 is 1.07 bits per heavy atom. The van der Waals surface area contributed by atoms with Crippen LogP contribution in [0, 0.1) is 0 Å². The Kier molecular flexibility index (Phi) is 4.14. The number of hydrogen-bond acceptors (Lipinski definition) is 7. The van der Waals surface area contributed by atoms with Crippen LogP contribution in [0.25, 0.3) is 20.9 Å². The molecule has 0 atom stereocenters. The predicted molar refractivity (Wildman–Crippen MR) is 108 cm³/mol. The van der Waals surface area contributed by atoms with Crippen molar-refractivity contribution < 1.29 is 9.21 Å². The van der Waals surface area contributed by atoms with Gasteiger partial charge in [-0.1, -0.05) is 29.5 Å². The standard InChI is InChI=1S/C19H16N4O2S2/c24-18(16-17(25-12-20-16)15-6-3-11-26-15)22-7-9-23(10-8-22)19-21-13-4-1-2-5-14(13)27-19/h1-6,11-12H,7-10H2. The molecule has 1 fully saturated rings. The fourth-order valence-electron chi connectivity index (χ4n) is 3.23. The first kappa shape index (κ1) is 16.5. The zero-order valence-electron chi connectivity index (χ0n) is 14.4. The van der Waals surface area contributed by atoms with E-state index in [1.807, 2.05) is 40.6 Å². The molecular weight excluding hydrogens is 380 g/mol. The van der Waals surface area contributed by atoms with Crippen LogP contribution in [0.15, 0.2) is 52.6 Å². The van der Waals surface area contributed by atoms with Gasteiger partial charge in [-0.3, -0.25) is 4.79 Å². The van der Waals surface area contributed by atoms with Crippen LogP contribution in [-0.2, 0) is 0 Å². The van der Waals surface area contributed by atoms with E-state index in [1.165, 1.54) is 22.4 Å². The molecule has 136 valence electrons. The number of piperazine rings is 1. The van der Waals surface area contributed by atoms with Crippen LogP contribution in [0.1, 0.15) is 10.5 Å². The van der Waals surface area contributed by atoms with E-state index in [4.69, 9.17) is 9.40 Å². The monoisotopic (exact) mass is 396 g/mol. The Morgan fingerprint density at radius 3 is 2.70 bits per heavy atom. The molecule has 0 aliphatic carbocycles. The molecule has 1 saturated heterocycles. The number of anilines is 1. The van der Waals surface area contributed by atoms with Gasteiger partial charge in [-0.25, -0.2) is 9.97 Å². The summed E-state index contributed by atoms with van der Waals surface area (Å²) in [6.07, 6.45) is 1.35. The van der Waals surface area contributed by atoms with Crippen molar-refractivity contribution in [3.05, 3.63) is 53.9 Å². The number of thiophene rings is 1. The minimum Gasteiger partial charge on any atom is -0.442 e. The zero-order chi connectivity index (χ0) is 18.2. The van der Waals surface area contributed by atoms with E-state index in [2.05, 4.69) is 16.0 Å². The number of aromatic nitrogens is 2. The van der Waals surface area contributed by atoms with E-state index >= 15 is 0 Å². The van der Waals surface area contributed by atoms with Crippen LogP contribution in [-0.4, -0.2) is 47.0 Å². The van der Waals surface area contributed by atoms with E-state index in [-0.39, 0.29) is 5.91 Å². The number of hydrogen-bond donors (Lipinski definition) is 0. The minimum absolute atomic E-state index is 0.0731. The van der Waals surface area contributed by atoms with Gasteiger partial charge in [0, 0.05) is 26.2 Å². The summed E-state index contributed by atoms with van der Waals surface area (Å²) in [5, 5.41) is 2.98. The second-order valence-electron chi connectivity index (χ2n) is 6.25. The predicted octanol–water partition coefficient (Wildman–Crippen LogP) is 3.98. The second kappa shape index (κ2) is 6.79. The van der Waals surface area contributed by atoms with Crippen LogP contribution in [0.2, 0.25) is 0 Å². The quantitative estimate of drug-likeness (QED) is 0.524. The van der Waals surface area contributed by atoms with Gasteiger partial charge < -0.3 is 14.2 Å². The van der Waals surface area contributed by atoms with Crippen molar-refractivity contribution in [1.29, 1.82) is 0 Å². The number of thiazole rings is 1. The fourth-order valence-corrected chi connectivity index (χ4v) is 4.96. The second-order valence-corrected chi connectivity index (χ2v) is 8.21. The Bertz CT molecular complexity index is 1050. The third kappa shape index (κ3) is 3.00. The third-order valence-electron chi connectivity index (χ3n) is 4.63. The summed E-state index contributed by atoms with van der Waals surface area (Å²) in [5.74, 6) is 0.486. The first-order valence-corrected chi connectivity index (χ1v) is 10.4. The molecule has 1 aromatic carbocycles. The lowest BCUT2D eigenvalue weighted by atomic mass is 10.2. The maximum atomic E-state index is 12.9. The fraction of sp³-hybridized carbons (Fsp3) is 0.211. The van der Waals surface area contributed by atoms with E-state index < -0.39 is 0 Å². The summed E-state index contributed by atoms with van der Waals surface area (Å²) in [4.78, 5) is 26.8. The molecule has 8 heteroatoms. The molecule has 0 N–H and O–H groups in total. The number of para-hydroxylation sites is 1. The SMILES string of the molecule is O=C(c1ncoc1-c1cccs1)N1CCN(c2nc3ccccc3s2)CC1. The summed E-state index contributed by atoms with van der Waals surface area (Å²) in [6, 6.07) is 12.0. The highest BCUT2D eigenvalue weighted by Gasteiger charge is 2.28. The van der Waals surface area contributed by atoms with Crippen LogP contribution in [0.3, 0.4) is 0 Å². The molecule has 1 amide bonds. The van der Waals surface area contributed by atoms with Crippen LogP contribution in [0.4, 0.5) is 5.13 Å². The Morgan fingerprint density at radius 2 is 1.93 bits per heavy atom. The third-order valence-corrected chi connectivity index (χ3v) is 6.60. The van der Waals surface area contributed by atoms with Gasteiger partial charge in [-0.15, -0.1) is 11.3 Å². The van der Waals surface area contributed by atoms with Crippen LogP contribution < -0.4 is 4.90 Å². The van der Waals surface area contributed by atoms with Crippen LogP contribution >= 0.6 is 22.7 Å². The molecule has 0 bridgehead atoms. The van der Waals surface area contributed by atoms with Gasteiger partial charge in [-0.2, -0.15) is 0 Å². The summed E-state index contributed by atoms with van der Waals surface area (Å²) in [5.41, 5.74) is 1.42. The number of amides is 1. The molecule has 1 aliphatic heterocycles. The lowest BCUT2D eigenvalue weighted by Gasteiger charge is -2.34. The lowest BCUT2D eigenvalue weighted by molar-refractivity contribution is 0.0742. The maximum absolute atomic E-state index is 12.9. The lowest BCUT2D eigenvalue weighted by Crippen LogP contribution is -2.49. The maximum Gasteiger partial charge on any atom is 0.276 e. The number of benzene rings is 1. The average Bonchev–Trinajstić information content (AvgIpc) is 3.47. The van der Waals surface area contributed by atoms with Crippen molar-refractivity contribution in [1.82, 2.24) is 14.9 Å². The van der Waals surface area contributed by atoms with Crippen molar-refractivity contribution in [2.45, 2.75) is 0 Å². The largest absolute Gasteiger partial charge is 0.442 e. The smallest absolute Gasteiger partial charge is 0.276 e. The van der Waals surface area contributed by atoms with Gasteiger partial charge in [0.2, 0.25) is 0 Å². The van der Waals surface area contributed by atoms with Gasteiger partial charge in [0.1, 0.15) is 0 Å². The Labute approximate surface area is 163 Å². The highest BCUT2D eigenvalue weighted by Crippen LogP contribution is 2.30. The van der Waals surface area contributed by atoms with E-state index in [9.17, 15) is 4.79 Å². The molecular formula is C19H16N4O2S2. The molecule has 5 rings (SSSR count). The van der Waals surface area contributed by atoms with Gasteiger partial charge in [0.05, 0.1) is 15.1 Å². The number of rotatable bonds is 3. The molecule has 27 heavy (non-hydrogen) atoms. The van der Waals surface area contributed by atoms with E-state index in [0.717, 1.165) is 28.6 Å². The summed E-state index contributed by atoms with van der Waals surface area (Å²) in [7, 11) is 0. The number of carbonyl (C=O) groups is 1. The zero-order valence-corrected chi connectivity index (χ0v) is 16.0. The molecule has 3 aromatic heterocycles. The van der Waals surface area contributed by atoms with E-state index in [0.29, 0.717) is 24.5 Å². The van der Waals surface area contributed by atoms with Crippen molar-refractivity contribution in [3.8, 4) is 10.6 Å². The van der Waals surface area contributed by atoms with Crippen molar-refractivity contribution in [3.63, 3.8) is 0 Å². The highest BCUT2D eigenvalue weighted by molar-refractivity contribution is 7.22. The summed E-state index contributed by atoms with van der Waals surface area (Å²) in [6.45, 7) is 2.81. The summed E-state index contributed by atoms with van der Waals surface area (Å²) >= 11 is 3.24. The molecule has 0 unspecified atom stereocenters. The molecule has 4 aromatic rings. The van der Waals surface area contributed by atoms with Crippen molar-refractivity contribution in [2.24, 2.45) is 0 Å². The molecule has 4 heterocycles. The van der Waals surface area contributed by atoms with Crippen molar-refractivity contribution >= 4 is 43.9 Å². The number of oxazole rings is 1. The van der Waals surface area contributed by atoms with Gasteiger partial charge in [0.15, 0.2) is 23.0 Å². The van der Waals surface area contributed by atoms with Gasteiger partial charge in [0.25, 0.3) is 5.91 Å². The molecule has 0 spiro atoms. The molecule has 0 radical (unpaired) electrons. The first-order chi connectivity index (χ1) is 13.3. The Hall–Kier alpha value is -2.71. The normalized spacial score (nSPS) is 14.8. The number of carbonyl (C=O) groups excluding carboxylic acids is 1. The molecule has 1 aliphatic rings. The highest BCUT2D eigenvalue weighted by atomic mass is 32.1. The summed E-state index contributed by atoms with van der Waals surface area (Å²) < 4.78 is 6.67. The average molecular weight is 396 g/mol. The topological polar surface area (TPSA) is 62.5 Å². The van der Waals surface area contributed by atoms with Gasteiger partial charge >= 0.3 is 0 Å². The first-order valence-electron chi connectivity index (χ1n) is 8.67. The minimum atomic E-state index is -0.0731. The van der Waals surface area contributed by atoms with Gasteiger partial charge in [-0.05, 0) is 23.6 Å². The van der Waals surface area contributed by atoms with E-state index in [1.54, 1.807) is 11.3 Å². The molecule has 0 saturated carbocycles.